The lowest BCUT2D eigenvalue weighted by molar-refractivity contribution is 0.0994. The Morgan fingerprint density at radius 3 is 2.71 bits per heavy atom. The number of ketones is 1. The van der Waals surface area contributed by atoms with Crippen LogP contribution in [0.25, 0.3) is 0 Å². The Morgan fingerprint density at radius 1 is 1.18 bits per heavy atom. The van der Waals surface area contributed by atoms with E-state index in [9.17, 15) is 4.79 Å². The van der Waals surface area contributed by atoms with Crippen molar-refractivity contribution < 1.29 is 9.53 Å². The van der Waals surface area contributed by atoms with Crippen LogP contribution in [-0.2, 0) is 6.42 Å². The van der Waals surface area contributed by atoms with E-state index in [1.807, 2.05) is 12.1 Å². The monoisotopic (exact) mass is 294 g/mol. The molecule has 2 aliphatic carbocycles. The first-order valence-corrected chi connectivity index (χ1v) is 7.06. The van der Waals surface area contributed by atoms with E-state index in [-0.39, 0.29) is 5.78 Å². The molecule has 0 N–H and O–H groups in total. The summed E-state index contributed by atoms with van der Waals surface area (Å²) in [6.07, 6.45) is 6.70. The Kier molecular flexibility index (Phi) is 2.95. The van der Waals surface area contributed by atoms with Crippen LogP contribution in [0.15, 0.2) is 16.6 Å². The van der Waals surface area contributed by atoms with Crippen LogP contribution in [0.2, 0.25) is 0 Å². The molecule has 0 radical (unpaired) electrons. The topological polar surface area (TPSA) is 26.3 Å². The number of carbonyl (C=O) groups is 1. The summed E-state index contributed by atoms with van der Waals surface area (Å²) in [6.45, 7) is 0. The molecule has 90 valence electrons. The minimum absolute atomic E-state index is 0.258. The molecule has 2 aliphatic rings. The van der Waals surface area contributed by atoms with Gasteiger partial charge in [0.1, 0.15) is 5.75 Å². The number of hydrogen-bond acceptors (Lipinski definition) is 2. The van der Waals surface area contributed by atoms with E-state index in [1.54, 1.807) is 0 Å². The lowest BCUT2D eigenvalue weighted by Crippen LogP contribution is -2.11. The van der Waals surface area contributed by atoms with Gasteiger partial charge in [-0.2, -0.15) is 0 Å². The van der Waals surface area contributed by atoms with Crippen LogP contribution in [-0.4, -0.2) is 11.9 Å². The van der Waals surface area contributed by atoms with Crippen molar-refractivity contribution in [2.45, 2.75) is 44.6 Å². The second-order valence-corrected chi connectivity index (χ2v) is 5.64. The van der Waals surface area contributed by atoms with E-state index < -0.39 is 0 Å². The van der Waals surface area contributed by atoms with Crippen molar-refractivity contribution in [3.05, 3.63) is 27.7 Å². The van der Waals surface area contributed by atoms with Gasteiger partial charge in [-0.3, -0.25) is 4.79 Å². The highest BCUT2D eigenvalue weighted by atomic mass is 79.9. The van der Waals surface area contributed by atoms with E-state index in [4.69, 9.17) is 4.74 Å². The van der Waals surface area contributed by atoms with E-state index in [0.29, 0.717) is 12.5 Å². The summed E-state index contributed by atoms with van der Waals surface area (Å²) in [4.78, 5) is 11.6. The average molecular weight is 295 g/mol. The van der Waals surface area contributed by atoms with Gasteiger partial charge in [0.05, 0.1) is 10.6 Å². The summed E-state index contributed by atoms with van der Waals surface area (Å²) in [7, 11) is 0. The molecule has 0 bridgehead atoms. The minimum atomic E-state index is 0.258. The van der Waals surface area contributed by atoms with Crippen LogP contribution < -0.4 is 4.74 Å². The Labute approximate surface area is 109 Å². The average Bonchev–Trinajstić information content (AvgIpc) is 2.93. The van der Waals surface area contributed by atoms with Gasteiger partial charge in [-0.25, -0.2) is 0 Å². The van der Waals surface area contributed by atoms with Gasteiger partial charge in [0.2, 0.25) is 0 Å². The van der Waals surface area contributed by atoms with Gasteiger partial charge in [-0.05, 0) is 65.7 Å². The molecule has 0 heterocycles. The van der Waals surface area contributed by atoms with Gasteiger partial charge in [0, 0.05) is 12.0 Å². The number of rotatable bonds is 2. The number of ether oxygens (including phenoxy) is 1. The quantitative estimate of drug-likeness (QED) is 0.827. The van der Waals surface area contributed by atoms with Gasteiger partial charge >= 0.3 is 0 Å². The van der Waals surface area contributed by atoms with Crippen molar-refractivity contribution in [2.24, 2.45) is 0 Å². The molecule has 0 saturated heterocycles. The number of fused-ring (bicyclic) bond motifs is 1. The molecule has 3 heteroatoms. The highest BCUT2D eigenvalue weighted by Crippen LogP contribution is 2.37. The SMILES string of the molecule is O=C1CCc2c1ccc(OC1CCCC1)c2Br. The number of Topliss-reactive ketones (excluding diaryl/α,β-unsaturated/α-hetero) is 1. The Morgan fingerprint density at radius 2 is 1.94 bits per heavy atom. The number of benzene rings is 1. The molecule has 1 fully saturated rings. The second kappa shape index (κ2) is 4.45. The molecule has 3 rings (SSSR count). The fourth-order valence-electron chi connectivity index (χ4n) is 2.76. The van der Waals surface area contributed by atoms with Crippen LogP contribution >= 0.6 is 15.9 Å². The van der Waals surface area contributed by atoms with Gasteiger partial charge in [0.15, 0.2) is 5.78 Å². The van der Waals surface area contributed by atoms with Crippen LogP contribution in [0, 0.1) is 0 Å². The Bertz CT molecular complexity index is 462. The predicted molar refractivity (Wildman–Crippen MR) is 69.7 cm³/mol. The maximum absolute atomic E-state index is 11.6. The number of halogens is 1. The van der Waals surface area contributed by atoms with Gasteiger partial charge in [-0.1, -0.05) is 0 Å². The molecule has 0 aliphatic heterocycles. The first-order valence-electron chi connectivity index (χ1n) is 6.27. The first-order chi connectivity index (χ1) is 8.25. The molecule has 17 heavy (non-hydrogen) atoms. The highest BCUT2D eigenvalue weighted by molar-refractivity contribution is 9.10. The van der Waals surface area contributed by atoms with Crippen molar-refractivity contribution >= 4 is 21.7 Å². The molecule has 0 atom stereocenters. The molecular formula is C14H15BrO2. The van der Waals surface area contributed by atoms with Crippen molar-refractivity contribution in [3.63, 3.8) is 0 Å². The van der Waals surface area contributed by atoms with E-state index in [0.717, 1.165) is 40.6 Å². The maximum Gasteiger partial charge on any atom is 0.163 e. The molecule has 0 amide bonds. The molecular weight excluding hydrogens is 280 g/mol. The Hall–Kier alpha value is -0.830. The van der Waals surface area contributed by atoms with Crippen LogP contribution in [0.4, 0.5) is 0 Å². The van der Waals surface area contributed by atoms with Gasteiger partial charge in [0.25, 0.3) is 0 Å². The third kappa shape index (κ3) is 2.01. The summed E-state index contributed by atoms with van der Waals surface area (Å²) in [5.41, 5.74) is 2.00. The summed E-state index contributed by atoms with van der Waals surface area (Å²) in [6, 6.07) is 3.85. The zero-order valence-electron chi connectivity index (χ0n) is 9.67. The smallest absolute Gasteiger partial charge is 0.163 e. The largest absolute Gasteiger partial charge is 0.489 e. The summed E-state index contributed by atoms with van der Waals surface area (Å²) in [5, 5.41) is 0. The lowest BCUT2D eigenvalue weighted by Gasteiger charge is -2.16. The fraction of sp³-hybridized carbons (Fsp3) is 0.500. The molecule has 2 nitrogen and oxygen atoms in total. The van der Waals surface area contributed by atoms with Gasteiger partial charge < -0.3 is 4.74 Å². The third-order valence-electron chi connectivity index (χ3n) is 3.71. The molecule has 1 saturated carbocycles. The zero-order chi connectivity index (χ0) is 11.8. The van der Waals surface area contributed by atoms with Crippen molar-refractivity contribution in [1.29, 1.82) is 0 Å². The standard InChI is InChI=1S/C14H15BrO2/c15-14-11-5-7-12(16)10(11)6-8-13(14)17-9-3-1-2-4-9/h6,8-9H,1-5,7H2. The second-order valence-electron chi connectivity index (χ2n) is 4.85. The normalized spacial score (nSPS) is 19.7. The summed E-state index contributed by atoms with van der Waals surface area (Å²) >= 11 is 3.59. The molecule has 0 unspecified atom stereocenters. The van der Waals surface area contributed by atoms with Crippen LogP contribution in [0.3, 0.4) is 0 Å². The molecule has 1 aromatic carbocycles. The van der Waals surface area contributed by atoms with Crippen LogP contribution in [0.1, 0.15) is 48.0 Å². The van der Waals surface area contributed by atoms with Crippen LogP contribution in [0.5, 0.6) is 5.75 Å². The van der Waals surface area contributed by atoms with Crippen molar-refractivity contribution in [1.82, 2.24) is 0 Å². The van der Waals surface area contributed by atoms with Crippen molar-refractivity contribution in [2.75, 3.05) is 0 Å². The van der Waals surface area contributed by atoms with Gasteiger partial charge in [-0.15, -0.1) is 0 Å². The summed E-state index contributed by atoms with van der Waals surface area (Å²) < 4.78 is 7.00. The molecule has 0 aromatic heterocycles. The number of hydrogen-bond donors (Lipinski definition) is 0. The minimum Gasteiger partial charge on any atom is -0.489 e. The number of carbonyl (C=O) groups excluding carboxylic acids is 1. The Balaban J connectivity index is 1.88. The van der Waals surface area contributed by atoms with E-state index >= 15 is 0 Å². The highest BCUT2D eigenvalue weighted by Gasteiger charge is 2.25. The predicted octanol–water partition coefficient (Wildman–Crippen LogP) is 3.90. The molecule has 1 aromatic rings. The van der Waals surface area contributed by atoms with E-state index in [2.05, 4.69) is 15.9 Å². The fourth-order valence-corrected chi connectivity index (χ4v) is 3.39. The zero-order valence-corrected chi connectivity index (χ0v) is 11.3. The third-order valence-corrected chi connectivity index (χ3v) is 4.58. The summed E-state index contributed by atoms with van der Waals surface area (Å²) in [5.74, 6) is 1.17. The van der Waals surface area contributed by atoms with E-state index in [1.165, 1.54) is 12.8 Å². The molecule has 0 spiro atoms. The maximum atomic E-state index is 11.6. The van der Waals surface area contributed by atoms with Crippen molar-refractivity contribution in [3.8, 4) is 5.75 Å². The lowest BCUT2D eigenvalue weighted by atomic mass is 10.1. The first kappa shape index (κ1) is 11.3.